The topological polar surface area (TPSA) is 70.6 Å². The number of pyridine rings is 1. The molecule has 2 aromatic heterocycles. The van der Waals surface area contributed by atoms with Gasteiger partial charge in [0.1, 0.15) is 0 Å². The van der Waals surface area contributed by atoms with Crippen LogP contribution in [0.3, 0.4) is 0 Å². The Morgan fingerprint density at radius 3 is 2.86 bits per heavy atom. The minimum Gasteiger partial charge on any atom is -0.380 e. The number of benzene rings is 1. The molecule has 3 aromatic rings. The van der Waals surface area contributed by atoms with Crippen molar-refractivity contribution in [2.24, 2.45) is 5.92 Å². The molecule has 4 heterocycles. The van der Waals surface area contributed by atoms with Crippen LogP contribution in [0.15, 0.2) is 36.5 Å². The smallest absolute Gasteiger partial charge is 0.252 e. The number of carbonyl (C=O) groups excluding carboxylic acids is 1. The van der Waals surface area contributed by atoms with Crippen molar-refractivity contribution in [3.63, 3.8) is 0 Å². The van der Waals surface area contributed by atoms with E-state index >= 15 is 0 Å². The molecular formula is C29H37N5O2S. The highest BCUT2D eigenvalue weighted by Crippen LogP contribution is 2.33. The largest absolute Gasteiger partial charge is 0.380 e. The van der Waals surface area contributed by atoms with Gasteiger partial charge < -0.3 is 15.0 Å². The second-order valence-electron chi connectivity index (χ2n) is 10.8. The summed E-state index contributed by atoms with van der Waals surface area (Å²) in [6.07, 6.45) is 10.1. The Kier molecular flexibility index (Phi) is 7.40. The van der Waals surface area contributed by atoms with Crippen molar-refractivity contribution in [2.75, 3.05) is 38.2 Å². The van der Waals surface area contributed by atoms with E-state index in [0.29, 0.717) is 6.10 Å². The van der Waals surface area contributed by atoms with Gasteiger partial charge in [-0.1, -0.05) is 12.1 Å². The van der Waals surface area contributed by atoms with Gasteiger partial charge in [0, 0.05) is 61.4 Å². The fourth-order valence-corrected chi connectivity index (χ4v) is 7.28. The zero-order valence-corrected chi connectivity index (χ0v) is 22.5. The van der Waals surface area contributed by atoms with Crippen molar-refractivity contribution in [1.29, 1.82) is 0 Å². The summed E-state index contributed by atoms with van der Waals surface area (Å²) in [5, 5.41) is 5.41. The molecule has 0 bridgehead atoms. The highest BCUT2D eigenvalue weighted by Gasteiger charge is 2.28. The van der Waals surface area contributed by atoms with Crippen LogP contribution in [0.1, 0.15) is 59.5 Å². The van der Waals surface area contributed by atoms with Gasteiger partial charge in [-0.25, -0.2) is 4.98 Å². The molecule has 0 radical (unpaired) electrons. The van der Waals surface area contributed by atoms with Gasteiger partial charge in [0.25, 0.3) is 5.91 Å². The van der Waals surface area contributed by atoms with Crippen LogP contribution in [0.25, 0.3) is 10.9 Å². The molecule has 0 spiro atoms. The quantitative estimate of drug-likeness (QED) is 0.490. The zero-order chi connectivity index (χ0) is 25.2. The third-order valence-electron chi connectivity index (χ3n) is 8.47. The third kappa shape index (κ3) is 5.52. The number of anilines is 1. The van der Waals surface area contributed by atoms with Crippen LogP contribution in [0.4, 0.5) is 5.13 Å². The summed E-state index contributed by atoms with van der Waals surface area (Å²) >= 11 is 1.89. The molecule has 3 aliphatic rings. The van der Waals surface area contributed by atoms with Gasteiger partial charge in [-0.05, 0) is 75.6 Å². The van der Waals surface area contributed by atoms with E-state index in [9.17, 15) is 4.79 Å². The van der Waals surface area contributed by atoms with E-state index in [1.54, 1.807) is 6.20 Å². The molecule has 1 aliphatic carbocycles. The van der Waals surface area contributed by atoms with Crippen LogP contribution < -0.4 is 10.2 Å². The standard InChI is InChI=1S/C29H37N5O2S/c1-36-22-12-17-34(18-22)29-32-26-19-33(16-13-27(26)37-29)15-11-20-7-9-21(10-8-20)31-28(35)24-4-2-6-25-23(24)5-3-14-30-25/h2-6,14,20-22H,7-13,15-19H2,1H3,(H,31,35)/t20?,21?,22-/m1/s1. The molecule has 1 amide bonds. The molecule has 1 aromatic carbocycles. The third-order valence-corrected chi connectivity index (χ3v) is 9.69. The van der Waals surface area contributed by atoms with Gasteiger partial charge in [0.15, 0.2) is 5.13 Å². The van der Waals surface area contributed by atoms with Crippen molar-refractivity contribution < 1.29 is 9.53 Å². The molecule has 2 aliphatic heterocycles. The lowest BCUT2D eigenvalue weighted by atomic mass is 9.84. The molecule has 196 valence electrons. The van der Waals surface area contributed by atoms with Gasteiger partial charge in [-0.3, -0.25) is 14.7 Å². The molecule has 6 rings (SSSR count). The van der Waals surface area contributed by atoms with Gasteiger partial charge in [0.05, 0.1) is 17.3 Å². The molecule has 1 saturated heterocycles. The van der Waals surface area contributed by atoms with Crippen molar-refractivity contribution >= 4 is 33.3 Å². The van der Waals surface area contributed by atoms with Gasteiger partial charge in [-0.2, -0.15) is 0 Å². The monoisotopic (exact) mass is 519 g/mol. The van der Waals surface area contributed by atoms with Crippen LogP contribution in [0, 0.1) is 5.92 Å². The number of fused-ring (bicyclic) bond motifs is 2. The van der Waals surface area contributed by atoms with E-state index in [0.717, 1.165) is 80.8 Å². The second kappa shape index (κ2) is 11.1. The number of hydrogen-bond acceptors (Lipinski definition) is 7. The maximum absolute atomic E-state index is 13.0. The van der Waals surface area contributed by atoms with Crippen LogP contribution in [-0.2, 0) is 17.7 Å². The number of methoxy groups -OCH3 is 1. The van der Waals surface area contributed by atoms with Gasteiger partial charge in [-0.15, -0.1) is 11.3 Å². The first-order chi connectivity index (χ1) is 18.2. The van der Waals surface area contributed by atoms with E-state index in [2.05, 4.69) is 20.1 Å². The van der Waals surface area contributed by atoms with Crippen LogP contribution in [0.2, 0.25) is 0 Å². The zero-order valence-electron chi connectivity index (χ0n) is 21.7. The Morgan fingerprint density at radius 1 is 1.14 bits per heavy atom. The summed E-state index contributed by atoms with van der Waals surface area (Å²) in [5.41, 5.74) is 2.89. The van der Waals surface area contributed by atoms with E-state index in [1.165, 1.54) is 35.0 Å². The summed E-state index contributed by atoms with van der Waals surface area (Å²) < 4.78 is 5.54. The lowest BCUT2D eigenvalue weighted by Crippen LogP contribution is -2.38. The molecule has 37 heavy (non-hydrogen) atoms. The van der Waals surface area contributed by atoms with Crippen LogP contribution in [0.5, 0.6) is 0 Å². The highest BCUT2D eigenvalue weighted by atomic mass is 32.1. The Bertz CT molecular complexity index is 1230. The first-order valence-corrected chi connectivity index (χ1v) is 14.6. The summed E-state index contributed by atoms with van der Waals surface area (Å²) in [5.74, 6) is 0.776. The summed E-state index contributed by atoms with van der Waals surface area (Å²) in [7, 11) is 1.81. The van der Waals surface area contributed by atoms with E-state index < -0.39 is 0 Å². The predicted molar refractivity (Wildman–Crippen MR) is 148 cm³/mol. The number of aromatic nitrogens is 2. The van der Waals surface area contributed by atoms with E-state index in [1.807, 2.05) is 48.8 Å². The number of thiazole rings is 1. The van der Waals surface area contributed by atoms with Gasteiger partial charge in [0.2, 0.25) is 0 Å². The number of rotatable bonds is 7. The van der Waals surface area contributed by atoms with Crippen LogP contribution >= 0.6 is 11.3 Å². The first kappa shape index (κ1) is 24.8. The van der Waals surface area contributed by atoms with Crippen molar-refractivity contribution in [3.05, 3.63) is 52.7 Å². The molecule has 1 N–H and O–H groups in total. The predicted octanol–water partition coefficient (Wildman–Crippen LogP) is 4.65. The second-order valence-corrected chi connectivity index (χ2v) is 11.9. The van der Waals surface area contributed by atoms with Crippen LogP contribution in [-0.4, -0.2) is 66.2 Å². The number of amides is 1. The average Bonchev–Trinajstić information content (AvgIpc) is 3.59. The lowest BCUT2D eigenvalue weighted by molar-refractivity contribution is 0.0921. The molecule has 8 heteroatoms. The molecule has 1 saturated carbocycles. The summed E-state index contributed by atoms with van der Waals surface area (Å²) in [6, 6.07) is 9.92. The number of nitrogens with zero attached hydrogens (tertiary/aromatic N) is 4. The Labute approximate surface area is 223 Å². The highest BCUT2D eigenvalue weighted by molar-refractivity contribution is 7.15. The minimum absolute atomic E-state index is 0.0282. The number of hydrogen-bond donors (Lipinski definition) is 1. The lowest BCUT2D eigenvalue weighted by Gasteiger charge is -2.32. The normalized spacial score (nSPS) is 24.4. The van der Waals surface area contributed by atoms with Crippen molar-refractivity contribution in [3.8, 4) is 0 Å². The Hall–Kier alpha value is -2.55. The van der Waals surface area contributed by atoms with Crippen molar-refractivity contribution in [1.82, 2.24) is 20.2 Å². The maximum atomic E-state index is 13.0. The summed E-state index contributed by atoms with van der Waals surface area (Å²) in [6.45, 7) is 5.29. The molecule has 1 atom stereocenters. The SMILES string of the molecule is CO[C@@H]1CCN(c2nc3c(s2)CCN(CCC2CCC(NC(=O)c4cccc5ncccc45)CC2)C3)C1. The molecule has 7 nitrogen and oxygen atoms in total. The van der Waals surface area contributed by atoms with Crippen molar-refractivity contribution in [2.45, 2.75) is 63.6 Å². The molecular weight excluding hydrogens is 482 g/mol. The number of nitrogens with one attached hydrogen (secondary N) is 1. The first-order valence-electron chi connectivity index (χ1n) is 13.8. The summed E-state index contributed by atoms with van der Waals surface area (Å²) in [4.78, 5) is 28.9. The molecule has 2 fully saturated rings. The number of carbonyl (C=O) groups is 1. The van der Waals surface area contributed by atoms with Gasteiger partial charge >= 0.3 is 0 Å². The molecule has 0 unspecified atom stereocenters. The van der Waals surface area contributed by atoms with E-state index in [4.69, 9.17) is 9.72 Å². The van der Waals surface area contributed by atoms with E-state index in [-0.39, 0.29) is 11.9 Å². The fraction of sp³-hybridized carbons (Fsp3) is 0.552. The Balaban J connectivity index is 0.959. The maximum Gasteiger partial charge on any atom is 0.252 e. The minimum atomic E-state index is 0.0282. The number of ether oxygens (including phenoxy) is 1. The average molecular weight is 520 g/mol. The Morgan fingerprint density at radius 2 is 2.03 bits per heavy atom. The fourth-order valence-electron chi connectivity index (χ4n) is 6.18.